The largest absolute Gasteiger partial charge is 0.338 e. The lowest BCUT2D eigenvalue weighted by molar-refractivity contribution is -0.135. The van der Waals surface area contributed by atoms with Crippen LogP contribution in [0.15, 0.2) is 48.8 Å². The van der Waals surface area contributed by atoms with Gasteiger partial charge in [-0.1, -0.05) is 23.7 Å². The summed E-state index contributed by atoms with van der Waals surface area (Å²) in [5.41, 5.74) is 2.30. The molecule has 2 heterocycles. The Morgan fingerprint density at radius 1 is 1.12 bits per heavy atom. The SMILES string of the molecule is Cl.Cl.O=C(C1CCNC1)N(CCc1ccc(Cl)cc1)Cc1ccncc1. The van der Waals surface area contributed by atoms with E-state index in [1.807, 2.05) is 41.3 Å². The molecule has 1 amide bonds. The molecule has 1 aromatic carbocycles. The molecule has 1 fully saturated rings. The van der Waals surface area contributed by atoms with E-state index in [-0.39, 0.29) is 36.6 Å². The Labute approximate surface area is 172 Å². The summed E-state index contributed by atoms with van der Waals surface area (Å²) in [5, 5.41) is 4.02. The average Bonchev–Trinajstić information content (AvgIpc) is 3.15. The molecule has 26 heavy (non-hydrogen) atoms. The zero-order valence-corrected chi connectivity index (χ0v) is 16.8. The van der Waals surface area contributed by atoms with E-state index in [1.54, 1.807) is 12.4 Å². The zero-order valence-electron chi connectivity index (χ0n) is 14.4. The first-order chi connectivity index (χ1) is 11.7. The first kappa shape index (κ1) is 22.7. The Hall–Kier alpha value is -1.33. The van der Waals surface area contributed by atoms with Crippen molar-refractivity contribution in [3.05, 3.63) is 64.9 Å². The summed E-state index contributed by atoms with van der Waals surface area (Å²) in [6.07, 6.45) is 5.30. The molecule has 4 nitrogen and oxygen atoms in total. The number of benzene rings is 1. The third-order valence-electron chi connectivity index (χ3n) is 4.43. The number of rotatable bonds is 6. The minimum absolute atomic E-state index is 0. The highest BCUT2D eigenvalue weighted by Crippen LogP contribution is 2.16. The summed E-state index contributed by atoms with van der Waals surface area (Å²) in [7, 11) is 0. The third kappa shape index (κ3) is 6.44. The molecule has 1 aliphatic heterocycles. The van der Waals surface area contributed by atoms with E-state index in [1.165, 1.54) is 5.56 Å². The van der Waals surface area contributed by atoms with Crippen molar-refractivity contribution in [2.24, 2.45) is 5.92 Å². The van der Waals surface area contributed by atoms with E-state index in [4.69, 9.17) is 11.6 Å². The van der Waals surface area contributed by atoms with Crippen molar-refractivity contribution in [2.75, 3.05) is 19.6 Å². The number of aromatic nitrogens is 1. The van der Waals surface area contributed by atoms with Crippen LogP contribution in [0.3, 0.4) is 0 Å². The predicted molar refractivity (Wildman–Crippen MR) is 110 cm³/mol. The molecule has 142 valence electrons. The van der Waals surface area contributed by atoms with Crippen LogP contribution in [0, 0.1) is 5.92 Å². The highest BCUT2D eigenvalue weighted by atomic mass is 35.5. The molecule has 0 aliphatic carbocycles. The van der Waals surface area contributed by atoms with E-state index in [9.17, 15) is 4.79 Å². The molecule has 0 bridgehead atoms. The molecule has 7 heteroatoms. The molecule has 0 spiro atoms. The standard InChI is InChI=1S/C19H22ClN3O.2ClH/c20-18-3-1-15(2-4-18)8-12-23(14-16-5-9-21-10-6-16)19(24)17-7-11-22-13-17;;/h1-6,9-10,17,22H,7-8,11-14H2;2*1H. The first-order valence-electron chi connectivity index (χ1n) is 8.35. The molecule has 2 aromatic rings. The maximum atomic E-state index is 12.9. The number of amides is 1. The fourth-order valence-corrected chi connectivity index (χ4v) is 3.14. The highest BCUT2D eigenvalue weighted by molar-refractivity contribution is 6.30. The third-order valence-corrected chi connectivity index (χ3v) is 4.68. The average molecular weight is 417 g/mol. The normalized spacial score (nSPS) is 15.7. The van der Waals surface area contributed by atoms with Crippen molar-refractivity contribution in [1.29, 1.82) is 0 Å². The second-order valence-corrected chi connectivity index (χ2v) is 6.62. The van der Waals surface area contributed by atoms with Crippen LogP contribution in [0.5, 0.6) is 0 Å². The number of nitrogens with zero attached hydrogens (tertiary/aromatic N) is 2. The van der Waals surface area contributed by atoms with E-state index < -0.39 is 0 Å². The molecule has 1 atom stereocenters. The Morgan fingerprint density at radius 3 is 2.42 bits per heavy atom. The van der Waals surface area contributed by atoms with Gasteiger partial charge in [-0.3, -0.25) is 9.78 Å². The van der Waals surface area contributed by atoms with Crippen LogP contribution in [0.1, 0.15) is 17.5 Å². The second kappa shape index (κ2) is 11.4. The van der Waals surface area contributed by atoms with E-state index in [0.717, 1.165) is 36.5 Å². The van der Waals surface area contributed by atoms with Crippen LogP contribution >= 0.6 is 36.4 Å². The highest BCUT2D eigenvalue weighted by Gasteiger charge is 2.27. The lowest BCUT2D eigenvalue weighted by Crippen LogP contribution is -2.38. The number of carbonyl (C=O) groups is 1. The van der Waals surface area contributed by atoms with Gasteiger partial charge in [-0.15, -0.1) is 24.8 Å². The van der Waals surface area contributed by atoms with Crippen LogP contribution in [0.25, 0.3) is 0 Å². The Kier molecular flexibility index (Phi) is 9.96. The van der Waals surface area contributed by atoms with Crippen molar-refractivity contribution in [3.8, 4) is 0 Å². The topological polar surface area (TPSA) is 45.2 Å². The number of carbonyl (C=O) groups excluding carboxylic acids is 1. The lowest BCUT2D eigenvalue weighted by atomic mass is 10.1. The van der Waals surface area contributed by atoms with Crippen LogP contribution in [0.2, 0.25) is 5.02 Å². The van der Waals surface area contributed by atoms with Gasteiger partial charge in [0.1, 0.15) is 0 Å². The molecular formula is C19H24Cl3N3O. The van der Waals surface area contributed by atoms with Gasteiger partial charge in [0.25, 0.3) is 0 Å². The molecule has 1 saturated heterocycles. The summed E-state index contributed by atoms with van der Waals surface area (Å²) in [6.45, 7) is 3.05. The molecular weight excluding hydrogens is 393 g/mol. The van der Waals surface area contributed by atoms with Crippen molar-refractivity contribution in [1.82, 2.24) is 15.2 Å². The minimum Gasteiger partial charge on any atom is -0.338 e. The number of halogens is 3. The second-order valence-electron chi connectivity index (χ2n) is 6.18. The van der Waals surface area contributed by atoms with Gasteiger partial charge in [-0.25, -0.2) is 0 Å². The van der Waals surface area contributed by atoms with Crippen molar-refractivity contribution in [2.45, 2.75) is 19.4 Å². The van der Waals surface area contributed by atoms with E-state index in [2.05, 4.69) is 10.3 Å². The van der Waals surface area contributed by atoms with Gasteiger partial charge in [0, 0.05) is 37.1 Å². The molecule has 1 aliphatic rings. The Balaban J connectivity index is 0.00000169. The number of pyridine rings is 1. The number of hydrogen-bond donors (Lipinski definition) is 1. The van der Waals surface area contributed by atoms with Crippen molar-refractivity contribution in [3.63, 3.8) is 0 Å². The fourth-order valence-electron chi connectivity index (χ4n) is 3.01. The Bertz CT molecular complexity index is 661. The van der Waals surface area contributed by atoms with Gasteiger partial charge >= 0.3 is 0 Å². The van der Waals surface area contributed by atoms with Crippen LogP contribution in [-0.2, 0) is 17.8 Å². The van der Waals surface area contributed by atoms with E-state index >= 15 is 0 Å². The predicted octanol–water partition coefficient (Wildman–Crippen LogP) is 3.76. The van der Waals surface area contributed by atoms with Gasteiger partial charge in [-0.05, 0) is 54.8 Å². The minimum atomic E-state index is 0. The Morgan fingerprint density at radius 2 is 1.81 bits per heavy atom. The summed E-state index contributed by atoms with van der Waals surface area (Å²) >= 11 is 5.94. The molecule has 0 saturated carbocycles. The first-order valence-corrected chi connectivity index (χ1v) is 8.73. The van der Waals surface area contributed by atoms with Gasteiger partial charge in [-0.2, -0.15) is 0 Å². The van der Waals surface area contributed by atoms with Gasteiger partial charge in [0.05, 0.1) is 5.92 Å². The maximum absolute atomic E-state index is 12.9. The van der Waals surface area contributed by atoms with Gasteiger partial charge < -0.3 is 10.2 Å². The van der Waals surface area contributed by atoms with Crippen molar-refractivity contribution >= 4 is 42.3 Å². The van der Waals surface area contributed by atoms with Crippen LogP contribution in [-0.4, -0.2) is 35.4 Å². The monoisotopic (exact) mass is 415 g/mol. The molecule has 3 rings (SSSR count). The van der Waals surface area contributed by atoms with E-state index in [0.29, 0.717) is 13.1 Å². The summed E-state index contributed by atoms with van der Waals surface area (Å²) in [4.78, 5) is 18.9. The fraction of sp³-hybridized carbons (Fsp3) is 0.368. The molecule has 1 N–H and O–H groups in total. The van der Waals surface area contributed by atoms with Gasteiger partial charge in [0.2, 0.25) is 5.91 Å². The summed E-state index contributed by atoms with van der Waals surface area (Å²) in [6, 6.07) is 11.8. The smallest absolute Gasteiger partial charge is 0.227 e. The van der Waals surface area contributed by atoms with Crippen LogP contribution in [0.4, 0.5) is 0 Å². The zero-order chi connectivity index (χ0) is 16.8. The van der Waals surface area contributed by atoms with Crippen molar-refractivity contribution < 1.29 is 4.79 Å². The number of nitrogens with one attached hydrogen (secondary N) is 1. The molecule has 0 radical (unpaired) electrons. The summed E-state index contributed by atoms with van der Waals surface area (Å²) < 4.78 is 0. The maximum Gasteiger partial charge on any atom is 0.227 e. The lowest BCUT2D eigenvalue weighted by Gasteiger charge is -2.25. The van der Waals surface area contributed by atoms with Gasteiger partial charge in [0.15, 0.2) is 0 Å². The molecule has 1 unspecified atom stereocenters. The number of hydrogen-bond acceptors (Lipinski definition) is 3. The quantitative estimate of drug-likeness (QED) is 0.780. The summed E-state index contributed by atoms with van der Waals surface area (Å²) in [5.74, 6) is 0.336. The van der Waals surface area contributed by atoms with Crippen LogP contribution < -0.4 is 5.32 Å². The molecule has 1 aromatic heterocycles.